The predicted octanol–water partition coefficient (Wildman–Crippen LogP) is 4.53. The third-order valence-corrected chi connectivity index (χ3v) is 4.88. The van der Waals surface area contributed by atoms with E-state index in [0.29, 0.717) is 15.7 Å². The molecular weight excluding hydrogens is 420 g/mol. The van der Waals surface area contributed by atoms with E-state index in [1.54, 1.807) is 13.2 Å². The number of rotatable bonds is 6. The molecule has 0 heterocycles. The first kappa shape index (κ1) is 18.7. The Bertz CT molecular complexity index is 703. The van der Waals surface area contributed by atoms with E-state index in [4.69, 9.17) is 4.74 Å². The molecule has 128 valence electrons. The lowest BCUT2D eigenvalue weighted by Gasteiger charge is -2.28. The third-order valence-electron chi connectivity index (χ3n) is 3.99. The largest absolute Gasteiger partial charge is 0.497 e. The number of methoxy groups -OCH3 is 1. The van der Waals surface area contributed by atoms with Crippen molar-refractivity contribution in [3.05, 3.63) is 63.0 Å². The summed E-state index contributed by atoms with van der Waals surface area (Å²) in [6.45, 7) is 4.59. The number of hydrogen-bond donors (Lipinski definition) is 0. The molecular formula is C19H21FINO2. The van der Waals surface area contributed by atoms with Gasteiger partial charge >= 0.3 is 0 Å². The topological polar surface area (TPSA) is 29.5 Å². The van der Waals surface area contributed by atoms with Crippen LogP contribution >= 0.6 is 22.6 Å². The van der Waals surface area contributed by atoms with Crippen molar-refractivity contribution in [1.82, 2.24) is 4.90 Å². The Hall–Kier alpha value is -1.63. The molecule has 0 fully saturated rings. The molecule has 1 atom stereocenters. The molecule has 0 saturated heterocycles. The molecule has 0 N–H and O–H groups in total. The summed E-state index contributed by atoms with van der Waals surface area (Å²) in [5.41, 5.74) is 1.68. The molecule has 24 heavy (non-hydrogen) atoms. The van der Waals surface area contributed by atoms with Crippen LogP contribution in [0.5, 0.6) is 5.75 Å². The fourth-order valence-corrected chi connectivity index (χ4v) is 3.39. The van der Waals surface area contributed by atoms with Gasteiger partial charge in [0, 0.05) is 16.2 Å². The highest BCUT2D eigenvalue weighted by atomic mass is 127. The monoisotopic (exact) mass is 441 g/mol. The second kappa shape index (κ2) is 8.46. The number of benzene rings is 2. The van der Waals surface area contributed by atoms with Crippen LogP contribution in [-0.2, 0) is 6.42 Å². The number of nitrogens with zero attached hydrogens (tertiary/aromatic N) is 1. The number of carbonyl (C=O) groups excluding carboxylic acids is 1. The maximum atomic E-state index is 13.3. The normalized spacial score (nSPS) is 11.9. The van der Waals surface area contributed by atoms with Gasteiger partial charge in [0.1, 0.15) is 11.6 Å². The zero-order chi connectivity index (χ0) is 17.7. The number of hydrogen-bond acceptors (Lipinski definition) is 2. The van der Waals surface area contributed by atoms with Gasteiger partial charge in [0.15, 0.2) is 0 Å². The van der Waals surface area contributed by atoms with E-state index in [0.717, 1.165) is 17.7 Å². The first-order valence-corrected chi connectivity index (χ1v) is 8.93. The average Bonchev–Trinajstić information content (AvgIpc) is 2.56. The van der Waals surface area contributed by atoms with Crippen molar-refractivity contribution < 1.29 is 13.9 Å². The fourth-order valence-electron chi connectivity index (χ4n) is 2.69. The standard InChI is InChI=1S/C19H21FINO2/c1-4-22(19(23)17-10-7-15(20)12-18(17)21)13(2)11-14-5-8-16(24-3)9-6-14/h5-10,12-13H,4,11H2,1-3H3/t13-/m0/s1. The van der Waals surface area contributed by atoms with Crippen LogP contribution in [-0.4, -0.2) is 30.5 Å². The molecule has 0 saturated carbocycles. The number of ether oxygens (including phenoxy) is 1. The van der Waals surface area contributed by atoms with Gasteiger partial charge in [-0.1, -0.05) is 12.1 Å². The van der Waals surface area contributed by atoms with Crippen molar-refractivity contribution in [2.45, 2.75) is 26.3 Å². The van der Waals surface area contributed by atoms with Crippen LogP contribution in [0.1, 0.15) is 29.8 Å². The molecule has 0 aliphatic rings. The lowest BCUT2D eigenvalue weighted by atomic mass is 10.0. The minimum atomic E-state index is -0.328. The van der Waals surface area contributed by atoms with Crippen LogP contribution in [0.4, 0.5) is 4.39 Å². The molecule has 2 rings (SSSR count). The van der Waals surface area contributed by atoms with Crippen LogP contribution < -0.4 is 4.74 Å². The van der Waals surface area contributed by atoms with Crippen molar-refractivity contribution >= 4 is 28.5 Å². The quantitative estimate of drug-likeness (QED) is 0.617. The van der Waals surface area contributed by atoms with E-state index in [1.807, 2.05) is 65.6 Å². The van der Waals surface area contributed by atoms with Gasteiger partial charge < -0.3 is 9.64 Å². The molecule has 5 heteroatoms. The molecule has 2 aromatic carbocycles. The van der Waals surface area contributed by atoms with Gasteiger partial charge in [0.25, 0.3) is 5.91 Å². The highest BCUT2D eigenvalue weighted by Crippen LogP contribution is 2.19. The highest BCUT2D eigenvalue weighted by Gasteiger charge is 2.22. The van der Waals surface area contributed by atoms with E-state index >= 15 is 0 Å². The second-order valence-corrected chi connectivity index (χ2v) is 6.78. The molecule has 2 aromatic rings. The highest BCUT2D eigenvalue weighted by molar-refractivity contribution is 14.1. The number of amides is 1. The minimum Gasteiger partial charge on any atom is -0.497 e. The lowest BCUT2D eigenvalue weighted by molar-refractivity contribution is 0.0702. The van der Waals surface area contributed by atoms with E-state index in [2.05, 4.69) is 0 Å². The maximum Gasteiger partial charge on any atom is 0.255 e. The van der Waals surface area contributed by atoms with Crippen molar-refractivity contribution in [3.63, 3.8) is 0 Å². The molecule has 0 aromatic heterocycles. The number of likely N-dealkylation sites (N-methyl/N-ethyl adjacent to an activating group) is 1. The first-order chi connectivity index (χ1) is 11.5. The van der Waals surface area contributed by atoms with Gasteiger partial charge in [0.05, 0.1) is 12.7 Å². The summed E-state index contributed by atoms with van der Waals surface area (Å²) < 4.78 is 19.1. The van der Waals surface area contributed by atoms with Gasteiger partial charge in [-0.15, -0.1) is 0 Å². The Labute approximate surface area is 156 Å². The van der Waals surface area contributed by atoms with Crippen molar-refractivity contribution in [2.75, 3.05) is 13.7 Å². The number of halogens is 2. The molecule has 0 bridgehead atoms. The Kier molecular flexibility index (Phi) is 6.60. The summed E-state index contributed by atoms with van der Waals surface area (Å²) in [6, 6.07) is 12.2. The summed E-state index contributed by atoms with van der Waals surface area (Å²) >= 11 is 2.00. The van der Waals surface area contributed by atoms with Gasteiger partial charge in [-0.25, -0.2) is 4.39 Å². The molecule has 0 unspecified atom stereocenters. The Balaban J connectivity index is 2.14. The predicted molar refractivity (Wildman–Crippen MR) is 102 cm³/mol. The summed E-state index contributed by atoms with van der Waals surface area (Å²) in [7, 11) is 1.64. The summed E-state index contributed by atoms with van der Waals surface area (Å²) in [6.07, 6.45) is 0.751. The molecule has 1 amide bonds. The van der Waals surface area contributed by atoms with Gasteiger partial charge in [-0.2, -0.15) is 0 Å². The van der Waals surface area contributed by atoms with Gasteiger partial charge in [0.2, 0.25) is 0 Å². The Morgan fingerprint density at radius 3 is 2.46 bits per heavy atom. The van der Waals surface area contributed by atoms with Gasteiger partial charge in [-0.3, -0.25) is 4.79 Å². The van der Waals surface area contributed by atoms with Gasteiger partial charge in [-0.05, 0) is 78.8 Å². The van der Waals surface area contributed by atoms with Crippen LogP contribution in [0.15, 0.2) is 42.5 Å². The zero-order valence-corrected chi connectivity index (χ0v) is 16.2. The van der Waals surface area contributed by atoms with E-state index in [1.165, 1.54) is 12.1 Å². The molecule has 0 spiro atoms. The third kappa shape index (κ3) is 4.47. The summed E-state index contributed by atoms with van der Waals surface area (Å²) in [5, 5.41) is 0. The molecule has 3 nitrogen and oxygen atoms in total. The van der Waals surface area contributed by atoms with Crippen molar-refractivity contribution in [1.29, 1.82) is 0 Å². The minimum absolute atomic E-state index is 0.0387. The van der Waals surface area contributed by atoms with Crippen LogP contribution in [0, 0.1) is 9.39 Å². The molecule has 0 aliphatic carbocycles. The molecule has 0 radical (unpaired) electrons. The SMILES string of the molecule is CCN(C(=O)c1ccc(F)cc1I)[C@@H](C)Cc1ccc(OC)cc1. The second-order valence-electron chi connectivity index (χ2n) is 5.62. The van der Waals surface area contributed by atoms with Crippen molar-refractivity contribution in [2.24, 2.45) is 0 Å². The van der Waals surface area contributed by atoms with Crippen LogP contribution in [0.2, 0.25) is 0 Å². The molecule has 0 aliphatic heterocycles. The van der Waals surface area contributed by atoms with E-state index in [9.17, 15) is 9.18 Å². The first-order valence-electron chi connectivity index (χ1n) is 7.85. The maximum absolute atomic E-state index is 13.3. The summed E-state index contributed by atoms with van der Waals surface area (Å²) in [5.74, 6) is 0.420. The van der Waals surface area contributed by atoms with Crippen molar-refractivity contribution in [3.8, 4) is 5.75 Å². The van der Waals surface area contributed by atoms with Crippen LogP contribution in [0.25, 0.3) is 0 Å². The van der Waals surface area contributed by atoms with E-state index < -0.39 is 0 Å². The smallest absolute Gasteiger partial charge is 0.255 e. The Morgan fingerprint density at radius 2 is 1.92 bits per heavy atom. The summed E-state index contributed by atoms with van der Waals surface area (Å²) in [4.78, 5) is 14.6. The lowest BCUT2D eigenvalue weighted by Crippen LogP contribution is -2.40. The van der Waals surface area contributed by atoms with E-state index in [-0.39, 0.29) is 17.8 Å². The Morgan fingerprint density at radius 1 is 1.25 bits per heavy atom. The zero-order valence-electron chi connectivity index (χ0n) is 14.1. The fraction of sp³-hybridized carbons (Fsp3) is 0.316. The van der Waals surface area contributed by atoms with Crippen LogP contribution in [0.3, 0.4) is 0 Å². The average molecular weight is 441 g/mol. The number of carbonyl (C=O) groups is 1.